The average Bonchev–Trinajstić information content (AvgIpc) is 3.01. The fourth-order valence-electron chi connectivity index (χ4n) is 2.58. The van der Waals surface area contributed by atoms with E-state index in [-0.39, 0.29) is 16.8 Å². The number of aryl methyl sites for hydroxylation is 1. The van der Waals surface area contributed by atoms with Crippen LogP contribution in [0.15, 0.2) is 36.0 Å². The van der Waals surface area contributed by atoms with Crippen LogP contribution in [0, 0.1) is 11.3 Å². The summed E-state index contributed by atoms with van der Waals surface area (Å²) in [5.41, 5.74) is 3.37. The monoisotopic (exact) mass is 321 g/mol. The number of hydrogen-bond donors (Lipinski definition) is 1. The number of aromatic nitrogens is 2. The van der Waals surface area contributed by atoms with Crippen LogP contribution in [-0.2, 0) is 11.8 Å². The summed E-state index contributed by atoms with van der Waals surface area (Å²) >= 11 is 0. The van der Waals surface area contributed by atoms with Crippen LogP contribution in [0.5, 0.6) is 0 Å². The molecule has 0 aliphatic carbocycles. The van der Waals surface area contributed by atoms with Crippen molar-refractivity contribution in [3.8, 4) is 6.07 Å². The highest BCUT2D eigenvalue weighted by Gasteiger charge is 2.20. The molecule has 0 saturated heterocycles. The lowest BCUT2D eigenvalue weighted by Crippen LogP contribution is -2.13. The molecule has 2 rings (SSSR count). The Balaban J connectivity index is 2.33. The van der Waals surface area contributed by atoms with Gasteiger partial charge in [-0.05, 0) is 18.1 Å². The van der Waals surface area contributed by atoms with E-state index in [0.717, 1.165) is 24.1 Å². The van der Waals surface area contributed by atoms with Crippen LogP contribution < -0.4 is 0 Å². The van der Waals surface area contributed by atoms with Crippen LogP contribution in [0.2, 0.25) is 0 Å². The quantitative estimate of drug-likeness (QED) is 0.502. The number of hydrogen-bond acceptors (Lipinski definition) is 3. The predicted molar refractivity (Wildman–Crippen MR) is 95.6 cm³/mol. The van der Waals surface area contributed by atoms with Crippen molar-refractivity contribution in [1.82, 2.24) is 10.2 Å². The van der Waals surface area contributed by atoms with Crippen molar-refractivity contribution >= 4 is 11.9 Å². The van der Waals surface area contributed by atoms with Crippen molar-refractivity contribution in [2.45, 2.75) is 46.0 Å². The van der Waals surface area contributed by atoms with E-state index in [2.05, 4.69) is 37.9 Å². The number of carbonyl (C=O) groups is 1. The second kappa shape index (κ2) is 7.27. The number of allylic oxidation sites excluding steroid dienone is 1. The number of ketones is 1. The Hall–Kier alpha value is -2.67. The highest BCUT2D eigenvalue weighted by molar-refractivity contribution is 6.14. The minimum absolute atomic E-state index is 0.116. The molecule has 1 aromatic carbocycles. The van der Waals surface area contributed by atoms with Gasteiger partial charge in [0.25, 0.3) is 0 Å². The number of rotatable bonds is 5. The summed E-state index contributed by atoms with van der Waals surface area (Å²) in [6, 6.07) is 9.50. The Kier molecular flexibility index (Phi) is 5.35. The maximum absolute atomic E-state index is 12.6. The lowest BCUT2D eigenvalue weighted by atomic mass is 9.88. The van der Waals surface area contributed by atoms with Crippen molar-refractivity contribution < 1.29 is 4.79 Å². The van der Waals surface area contributed by atoms with Crippen LogP contribution in [0.1, 0.15) is 61.3 Å². The van der Waals surface area contributed by atoms with E-state index < -0.39 is 0 Å². The first-order valence-electron chi connectivity index (χ1n) is 8.16. The van der Waals surface area contributed by atoms with Crippen LogP contribution in [0.3, 0.4) is 0 Å². The normalized spacial score (nSPS) is 12.0. The molecule has 0 aliphatic heterocycles. The largest absolute Gasteiger partial charge is 0.288 e. The van der Waals surface area contributed by atoms with Gasteiger partial charge >= 0.3 is 0 Å². The van der Waals surface area contributed by atoms with Crippen LogP contribution in [0.25, 0.3) is 6.08 Å². The van der Waals surface area contributed by atoms with Gasteiger partial charge in [-0.3, -0.25) is 9.89 Å². The molecular weight excluding hydrogens is 298 g/mol. The first-order chi connectivity index (χ1) is 11.4. The highest BCUT2D eigenvalue weighted by atomic mass is 16.1. The fraction of sp³-hybridized carbons (Fsp3) is 0.350. The number of carbonyl (C=O) groups excluding carboxylic acids is 1. The molecule has 0 bridgehead atoms. The first-order valence-corrected chi connectivity index (χ1v) is 8.16. The van der Waals surface area contributed by atoms with Crippen molar-refractivity contribution in [2.24, 2.45) is 0 Å². The first kappa shape index (κ1) is 17.7. The molecule has 124 valence electrons. The Bertz CT molecular complexity index is 784. The van der Waals surface area contributed by atoms with Gasteiger partial charge in [0.2, 0.25) is 5.78 Å². The van der Waals surface area contributed by atoms with E-state index in [4.69, 9.17) is 0 Å². The van der Waals surface area contributed by atoms with Crippen LogP contribution in [-0.4, -0.2) is 16.0 Å². The number of nitrogens with zero attached hydrogens (tertiary/aromatic N) is 2. The van der Waals surface area contributed by atoms with Crippen molar-refractivity contribution in [3.05, 3.63) is 58.4 Å². The zero-order valence-electron chi connectivity index (χ0n) is 14.7. The Morgan fingerprint density at radius 2 is 1.96 bits per heavy atom. The van der Waals surface area contributed by atoms with E-state index in [1.165, 1.54) is 5.56 Å². The molecule has 1 heterocycles. The molecule has 0 unspecified atom stereocenters. The molecule has 2 aromatic rings. The number of aromatic amines is 1. The molecule has 0 saturated carbocycles. The van der Waals surface area contributed by atoms with Gasteiger partial charge in [-0.25, -0.2) is 0 Å². The molecule has 0 atom stereocenters. The van der Waals surface area contributed by atoms with E-state index in [1.54, 1.807) is 24.4 Å². The Morgan fingerprint density at radius 3 is 2.50 bits per heavy atom. The molecular formula is C20H23N3O. The van der Waals surface area contributed by atoms with Gasteiger partial charge in [0, 0.05) is 22.2 Å². The lowest BCUT2D eigenvalue weighted by molar-refractivity contribution is 0.104. The number of nitriles is 1. The number of benzene rings is 1. The zero-order valence-corrected chi connectivity index (χ0v) is 14.7. The van der Waals surface area contributed by atoms with Crippen LogP contribution in [0.4, 0.5) is 0 Å². The van der Waals surface area contributed by atoms with Gasteiger partial charge in [0.1, 0.15) is 11.6 Å². The van der Waals surface area contributed by atoms with Gasteiger partial charge in [-0.15, -0.1) is 0 Å². The topological polar surface area (TPSA) is 69.5 Å². The third kappa shape index (κ3) is 3.99. The van der Waals surface area contributed by atoms with Crippen molar-refractivity contribution in [2.75, 3.05) is 0 Å². The average molecular weight is 321 g/mol. The van der Waals surface area contributed by atoms with Gasteiger partial charge in [-0.1, -0.05) is 58.4 Å². The van der Waals surface area contributed by atoms with Crippen molar-refractivity contribution in [1.29, 1.82) is 5.26 Å². The summed E-state index contributed by atoms with van der Waals surface area (Å²) in [6.07, 6.45) is 5.31. The summed E-state index contributed by atoms with van der Waals surface area (Å²) in [5.74, 6) is -0.262. The number of nitrogens with one attached hydrogen (secondary N) is 1. The number of H-pyrrole nitrogens is 1. The summed E-state index contributed by atoms with van der Waals surface area (Å²) in [7, 11) is 0. The van der Waals surface area contributed by atoms with Gasteiger partial charge < -0.3 is 0 Å². The minimum atomic E-state index is -0.262. The van der Waals surface area contributed by atoms with Gasteiger partial charge in [0.05, 0.1) is 6.20 Å². The zero-order chi connectivity index (χ0) is 17.7. The van der Waals surface area contributed by atoms with Gasteiger partial charge in [-0.2, -0.15) is 10.4 Å². The molecule has 0 fully saturated rings. The summed E-state index contributed by atoms with van der Waals surface area (Å²) in [5, 5.41) is 16.4. The van der Waals surface area contributed by atoms with Crippen LogP contribution >= 0.6 is 0 Å². The minimum Gasteiger partial charge on any atom is -0.288 e. The van der Waals surface area contributed by atoms with E-state index in [1.807, 2.05) is 18.2 Å². The molecule has 1 aromatic heterocycles. The highest BCUT2D eigenvalue weighted by Crippen LogP contribution is 2.25. The van der Waals surface area contributed by atoms with E-state index >= 15 is 0 Å². The smallest absolute Gasteiger partial charge is 0.203 e. The van der Waals surface area contributed by atoms with E-state index in [9.17, 15) is 10.1 Å². The molecule has 0 aliphatic rings. The molecule has 0 radical (unpaired) electrons. The maximum Gasteiger partial charge on any atom is 0.203 e. The Labute approximate surface area is 143 Å². The molecule has 0 amide bonds. The van der Waals surface area contributed by atoms with E-state index in [0.29, 0.717) is 5.56 Å². The maximum atomic E-state index is 12.6. The predicted octanol–water partition coefficient (Wildman–Crippen LogP) is 4.45. The summed E-state index contributed by atoms with van der Waals surface area (Å²) < 4.78 is 0. The molecule has 1 N–H and O–H groups in total. The lowest BCUT2D eigenvalue weighted by Gasteiger charge is -2.17. The SMILES string of the molecule is CCCc1ccc(C(=O)/C(C#N)=C/c2cn[nH]c2C(C)(C)C)cc1. The Morgan fingerprint density at radius 1 is 1.29 bits per heavy atom. The molecule has 24 heavy (non-hydrogen) atoms. The molecule has 0 spiro atoms. The number of Topliss-reactive ketones (excluding diaryl/α,β-unsaturated/α-hetero) is 1. The summed E-state index contributed by atoms with van der Waals surface area (Å²) in [4.78, 5) is 12.6. The van der Waals surface area contributed by atoms with Gasteiger partial charge in [0.15, 0.2) is 0 Å². The summed E-state index contributed by atoms with van der Waals surface area (Å²) in [6.45, 7) is 8.28. The second-order valence-electron chi connectivity index (χ2n) is 6.90. The molecule has 4 nitrogen and oxygen atoms in total. The van der Waals surface area contributed by atoms with Crippen molar-refractivity contribution in [3.63, 3.8) is 0 Å². The third-order valence-corrected chi connectivity index (χ3v) is 3.84. The molecule has 4 heteroatoms. The second-order valence-corrected chi connectivity index (χ2v) is 6.90. The third-order valence-electron chi connectivity index (χ3n) is 3.84. The standard InChI is InChI=1S/C20H23N3O/c1-5-6-14-7-9-15(10-8-14)18(24)16(12-21)11-17-13-22-23-19(17)20(2,3)4/h7-11,13H,5-6H2,1-4H3,(H,22,23)/b16-11+. The fourth-order valence-corrected chi connectivity index (χ4v) is 2.58.